The van der Waals surface area contributed by atoms with Gasteiger partial charge in [0.2, 0.25) is 15.9 Å². The van der Waals surface area contributed by atoms with Crippen molar-refractivity contribution in [2.75, 3.05) is 26.7 Å². The minimum atomic E-state index is -3.97. The molecule has 1 amide bonds. The summed E-state index contributed by atoms with van der Waals surface area (Å²) in [4.78, 5) is 12.3. The molecule has 2 aromatic rings. The number of methoxy groups -OCH3 is 1. The number of sulfonamides is 1. The average molecular weight is 421 g/mol. The normalized spacial score (nSPS) is 17.7. The second-order valence-corrected chi connectivity index (χ2v) is 8.93. The summed E-state index contributed by atoms with van der Waals surface area (Å²) in [7, 11) is -2.63. The Labute approximate surface area is 170 Å². The third-order valence-electron chi connectivity index (χ3n) is 5.05. The molecule has 3 rings (SSSR count). The average Bonchev–Trinajstić information content (AvgIpc) is 2.74. The van der Waals surface area contributed by atoms with Gasteiger partial charge in [-0.2, -0.15) is 4.31 Å². The van der Waals surface area contributed by atoms with E-state index >= 15 is 0 Å². The van der Waals surface area contributed by atoms with Crippen molar-refractivity contribution in [3.63, 3.8) is 0 Å². The van der Waals surface area contributed by atoms with Crippen LogP contribution < -0.4 is 10.1 Å². The predicted molar refractivity (Wildman–Crippen MR) is 108 cm³/mol. The molecule has 8 heteroatoms. The Kier molecular flexibility index (Phi) is 6.87. The lowest BCUT2D eigenvalue weighted by molar-refractivity contribution is -0.126. The van der Waals surface area contributed by atoms with Crippen molar-refractivity contribution in [3.05, 3.63) is 59.9 Å². The van der Waals surface area contributed by atoms with Crippen LogP contribution in [0.3, 0.4) is 0 Å². The summed E-state index contributed by atoms with van der Waals surface area (Å²) in [5, 5.41) is 2.90. The second-order valence-electron chi connectivity index (χ2n) is 7.02. The molecule has 0 radical (unpaired) electrons. The predicted octanol–water partition coefficient (Wildman–Crippen LogP) is 2.59. The first-order valence-electron chi connectivity index (χ1n) is 9.57. The molecular weight excluding hydrogens is 395 g/mol. The number of rotatable bonds is 7. The number of carbonyl (C=O) groups is 1. The van der Waals surface area contributed by atoms with Gasteiger partial charge in [-0.1, -0.05) is 30.3 Å². The minimum absolute atomic E-state index is 0.0686. The van der Waals surface area contributed by atoms with Gasteiger partial charge in [0, 0.05) is 19.6 Å². The van der Waals surface area contributed by atoms with Crippen molar-refractivity contribution in [1.29, 1.82) is 0 Å². The summed E-state index contributed by atoms with van der Waals surface area (Å²) in [6.45, 7) is 0.846. The van der Waals surface area contributed by atoms with E-state index in [0.29, 0.717) is 25.8 Å². The third-order valence-corrected chi connectivity index (χ3v) is 6.94. The summed E-state index contributed by atoms with van der Waals surface area (Å²) < 4.78 is 46.1. The van der Waals surface area contributed by atoms with Crippen LogP contribution in [0.2, 0.25) is 0 Å². The molecule has 1 saturated heterocycles. The van der Waals surface area contributed by atoms with E-state index < -0.39 is 21.8 Å². The Morgan fingerprint density at radius 3 is 2.72 bits per heavy atom. The summed E-state index contributed by atoms with van der Waals surface area (Å²) in [6, 6.07) is 13.2. The summed E-state index contributed by atoms with van der Waals surface area (Å²) in [5.74, 6) is -1.17. The van der Waals surface area contributed by atoms with E-state index in [1.165, 1.54) is 17.5 Å². The largest absolute Gasteiger partial charge is 0.495 e. The molecule has 1 aliphatic heterocycles. The maximum Gasteiger partial charge on any atom is 0.246 e. The van der Waals surface area contributed by atoms with Crippen molar-refractivity contribution < 1.29 is 22.3 Å². The fourth-order valence-corrected chi connectivity index (χ4v) is 5.18. The Morgan fingerprint density at radius 2 is 2.00 bits per heavy atom. The first kappa shape index (κ1) is 21.3. The highest BCUT2D eigenvalue weighted by atomic mass is 32.2. The van der Waals surface area contributed by atoms with Crippen LogP contribution in [-0.2, 0) is 21.2 Å². The highest BCUT2D eigenvalue weighted by Crippen LogP contribution is 2.30. The summed E-state index contributed by atoms with van der Waals surface area (Å²) in [5.41, 5.74) is 1.12. The maximum atomic E-state index is 13.7. The van der Waals surface area contributed by atoms with Crippen molar-refractivity contribution in [2.24, 2.45) is 5.92 Å². The Hall–Kier alpha value is -2.45. The fraction of sp³-hybridized carbons (Fsp3) is 0.381. The lowest BCUT2D eigenvalue weighted by atomic mass is 9.99. The van der Waals surface area contributed by atoms with Gasteiger partial charge >= 0.3 is 0 Å². The number of carbonyl (C=O) groups excluding carboxylic acids is 1. The molecule has 1 atom stereocenters. The molecule has 2 aromatic carbocycles. The van der Waals surface area contributed by atoms with E-state index in [2.05, 4.69) is 5.32 Å². The molecule has 1 heterocycles. The molecule has 0 bridgehead atoms. The number of nitrogens with one attached hydrogen (secondary N) is 1. The molecule has 1 fully saturated rings. The van der Waals surface area contributed by atoms with E-state index in [1.54, 1.807) is 0 Å². The third kappa shape index (κ3) is 5.13. The lowest BCUT2D eigenvalue weighted by Gasteiger charge is -2.31. The van der Waals surface area contributed by atoms with Crippen LogP contribution >= 0.6 is 0 Å². The van der Waals surface area contributed by atoms with Crippen LogP contribution in [0.5, 0.6) is 5.75 Å². The molecular formula is C21H25FN2O4S. The highest BCUT2D eigenvalue weighted by molar-refractivity contribution is 7.89. The van der Waals surface area contributed by atoms with Crippen molar-refractivity contribution in [3.8, 4) is 5.75 Å². The van der Waals surface area contributed by atoms with Crippen LogP contribution in [0.4, 0.5) is 4.39 Å². The number of benzene rings is 2. The SMILES string of the molecule is COc1ccc(F)cc1S(=O)(=O)N1CCC[C@H](C(=O)NCCc2ccccc2)C1. The molecule has 0 saturated carbocycles. The number of piperidine rings is 1. The zero-order valence-corrected chi connectivity index (χ0v) is 17.1. The van der Waals surface area contributed by atoms with Gasteiger partial charge < -0.3 is 10.1 Å². The van der Waals surface area contributed by atoms with Gasteiger partial charge in [0.1, 0.15) is 16.5 Å². The summed E-state index contributed by atoms with van der Waals surface area (Å²) in [6.07, 6.45) is 1.89. The first-order chi connectivity index (χ1) is 13.9. The quantitative estimate of drug-likeness (QED) is 0.747. The van der Waals surface area contributed by atoms with E-state index in [-0.39, 0.29) is 29.6 Å². The molecule has 0 unspecified atom stereocenters. The van der Waals surface area contributed by atoms with Crippen LogP contribution in [0.25, 0.3) is 0 Å². The van der Waals surface area contributed by atoms with Gasteiger partial charge in [-0.3, -0.25) is 4.79 Å². The number of ether oxygens (including phenoxy) is 1. The topological polar surface area (TPSA) is 75.7 Å². The van der Waals surface area contributed by atoms with Gasteiger partial charge in [0.25, 0.3) is 0 Å². The zero-order valence-electron chi connectivity index (χ0n) is 16.3. The Balaban J connectivity index is 1.65. The van der Waals surface area contributed by atoms with Crippen LogP contribution in [0.15, 0.2) is 53.4 Å². The number of nitrogens with zero attached hydrogens (tertiary/aromatic N) is 1. The lowest BCUT2D eigenvalue weighted by Crippen LogP contribution is -2.45. The molecule has 6 nitrogen and oxygen atoms in total. The van der Waals surface area contributed by atoms with Crippen LogP contribution in [0.1, 0.15) is 18.4 Å². The number of amides is 1. The number of hydrogen-bond donors (Lipinski definition) is 1. The van der Waals surface area contributed by atoms with Gasteiger partial charge in [-0.05, 0) is 43.0 Å². The highest BCUT2D eigenvalue weighted by Gasteiger charge is 2.35. The molecule has 0 aliphatic carbocycles. The molecule has 1 N–H and O–H groups in total. The van der Waals surface area contributed by atoms with Gasteiger partial charge in [-0.15, -0.1) is 0 Å². The molecule has 0 aromatic heterocycles. The van der Waals surface area contributed by atoms with Gasteiger partial charge in [-0.25, -0.2) is 12.8 Å². The van der Waals surface area contributed by atoms with Gasteiger partial charge in [0.15, 0.2) is 0 Å². The monoisotopic (exact) mass is 420 g/mol. The van der Waals surface area contributed by atoms with Crippen molar-refractivity contribution >= 4 is 15.9 Å². The van der Waals surface area contributed by atoms with E-state index in [1.807, 2.05) is 30.3 Å². The second kappa shape index (κ2) is 9.37. The maximum absolute atomic E-state index is 13.7. The molecule has 0 spiro atoms. The minimum Gasteiger partial charge on any atom is -0.495 e. The molecule has 1 aliphatic rings. The standard InChI is InChI=1S/C21H25FN2O4S/c1-28-19-10-9-18(22)14-20(19)29(26,27)24-13-5-8-17(15-24)21(25)23-12-11-16-6-3-2-4-7-16/h2-4,6-7,9-10,14,17H,5,8,11-13,15H2,1H3,(H,23,25)/t17-/m0/s1. The van der Waals surface area contributed by atoms with Crippen LogP contribution in [0, 0.1) is 11.7 Å². The Morgan fingerprint density at radius 1 is 1.24 bits per heavy atom. The number of halogens is 1. The summed E-state index contributed by atoms with van der Waals surface area (Å²) >= 11 is 0. The van der Waals surface area contributed by atoms with Crippen molar-refractivity contribution in [2.45, 2.75) is 24.2 Å². The Bertz CT molecular complexity index is 950. The number of hydrogen-bond acceptors (Lipinski definition) is 4. The first-order valence-corrected chi connectivity index (χ1v) is 11.0. The van der Waals surface area contributed by atoms with Crippen molar-refractivity contribution in [1.82, 2.24) is 9.62 Å². The molecule has 29 heavy (non-hydrogen) atoms. The van der Waals surface area contributed by atoms with E-state index in [9.17, 15) is 17.6 Å². The van der Waals surface area contributed by atoms with Crippen LogP contribution in [-0.4, -0.2) is 45.4 Å². The fourth-order valence-electron chi connectivity index (χ4n) is 3.48. The van der Waals surface area contributed by atoms with Gasteiger partial charge in [0.05, 0.1) is 13.0 Å². The molecule has 156 valence electrons. The zero-order chi connectivity index (χ0) is 20.9. The van der Waals surface area contributed by atoms with E-state index in [4.69, 9.17) is 4.74 Å². The van der Waals surface area contributed by atoms with E-state index in [0.717, 1.165) is 17.7 Å². The smallest absolute Gasteiger partial charge is 0.246 e.